The first kappa shape index (κ1) is 21.6. The van der Waals surface area contributed by atoms with Crippen LogP contribution in [0.3, 0.4) is 0 Å². The summed E-state index contributed by atoms with van der Waals surface area (Å²) >= 11 is 0. The number of hydrogen-bond donors (Lipinski definition) is 2. The topological polar surface area (TPSA) is 66.9 Å². The third-order valence-corrected chi connectivity index (χ3v) is 5.12. The first-order chi connectivity index (χ1) is 14.5. The van der Waals surface area contributed by atoms with Gasteiger partial charge in [0.05, 0.1) is 11.4 Å². The minimum Gasteiger partial charge on any atom is -0.358 e. The van der Waals surface area contributed by atoms with E-state index in [4.69, 9.17) is 0 Å². The Morgan fingerprint density at radius 2 is 1.80 bits per heavy atom. The number of halogens is 1. The minimum absolute atomic E-state index is 0.125. The lowest BCUT2D eigenvalue weighted by Gasteiger charge is -2.26. The molecule has 3 rings (SSSR count). The summed E-state index contributed by atoms with van der Waals surface area (Å²) in [4.78, 5) is 21.4. The number of aromatic nitrogens is 2. The molecule has 0 aliphatic carbocycles. The summed E-state index contributed by atoms with van der Waals surface area (Å²) in [6, 6.07) is 14.0. The fourth-order valence-electron chi connectivity index (χ4n) is 3.39. The van der Waals surface area contributed by atoms with Crippen LogP contribution in [-0.2, 0) is 11.2 Å². The standard InChI is InChI=1S/C24H27FN4O/c1-16-13-19(9-11-21(16)25)22(12-10-20-15-27-17(2)14-28-20)29-23(24(30)26-3)18-7-5-4-6-8-18/h4-9,11,13-15,22-23,29H,10,12H2,1-3H3,(H,26,30). The first-order valence-corrected chi connectivity index (χ1v) is 10.0. The van der Waals surface area contributed by atoms with Crippen LogP contribution in [0.25, 0.3) is 0 Å². The number of benzene rings is 2. The maximum Gasteiger partial charge on any atom is 0.241 e. The molecule has 0 aliphatic rings. The zero-order chi connectivity index (χ0) is 21.5. The van der Waals surface area contributed by atoms with Crippen molar-refractivity contribution in [1.29, 1.82) is 0 Å². The molecule has 156 valence electrons. The highest BCUT2D eigenvalue weighted by Crippen LogP contribution is 2.25. The molecule has 5 nitrogen and oxygen atoms in total. The lowest BCUT2D eigenvalue weighted by atomic mass is 9.96. The summed E-state index contributed by atoms with van der Waals surface area (Å²) in [7, 11) is 1.62. The monoisotopic (exact) mass is 406 g/mol. The molecule has 0 saturated carbocycles. The van der Waals surface area contributed by atoms with Gasteiger partial charge in [0.1, 0.15) is 11.9 Å². The lowest BCUT2D eigenvalue weighted by Crippen LogP contribution is -2.38. The molecule has 2 unspecified atom stereocenters. The molecule has 0 spiro atoms. The number of nitrogens with one attached hydrogen (secondary N) is 2. The van der Waals surface area contributed by atoms with Gasteiger partial charge in [-0.2, -0.15) is 0 Å². The number of likely N-dealkylation sites (N-methyl/N-ethyl adjacent to an activating group) is 1. The summed E-state index contributed by atoms with van der Waals surface area (Å²) in [5.41, 5.74) is 4.12. The molecule has 0 bridgehead atoms. The van der Waals surface area contributed by atoms with Gasteiger partial charge in [0.15, 0.2) is 0 Å². The summed E-state index contributed by atoms with van der Waals surface area (Å²) in [5.74, 6) is -0.368. The van der Waals surface area contributed by atoms with Crippen molar-refractivity contribution >= 4 is 5.91 Å². The highest BCUT2D eigenvalue weighted by molar-refractivity contribution is 5.83. The van der Waals surface area contributed by atoms with Crippen LogP contribution >= 0.6 is 0 Å². The molecule has 0 fully saturated rings. The Balaban J connectivity index is 1.89. The van der Waals surface area contributed by atoms with Gasteiger partial charge in [0.2, 0.25) is 5.91 Å². The van der Waals surface area contributed by atoms with Crippen LogP contribution in [-0.4, -0.2) is 22.9 Å². The third kappa shape index (κ3) is 5.48. The van der Waals surface area contributed by atoms with Crippen molar-refractivity contribution in [3.63, 3.8) is 0 Å². The van der Waals surface area contributed by atoms with Gasteiger partial charge in [-0.25, -0.2) is 4.39 Å². The largest absolute Gasteiger partial charge is 0.358 e. The second kappa shape index (κ2) is 10.1. The van der Waals surface area contributed by atoms with Gasteiger partial charge in [-0.1, -0.05) is 42.5 Å². The van der Waals surface area contributed by atoms with E-state index in [0.717, 1.165) is 22.5 Å². The van der Waals surface area contributed by atoms with Gasteiger partial charge in [-0.15, -0.1) is 0 Å². The van der Waals surface area contributed by atoms with E-state index in [-0.39, 0.29) is 17.8 Å². The zero-order valence-corrected chi connectivity index (χ0v) is 17.5. The molecule has 2 N–H and O–H groups in total. The molecule has 0 radical (unpaired) electrons. The Morgan fingerprint density at radius 3 is 2.43 bits per heavy atom. The molecule has 1 heterocycles. The van der Waals surface area contributed by atoms with Crippen LogP contribution in [0.2, 0.25) is 0 Å². The smallest absolute Gasteiger partial charge is 0.241 e. The number of carbonyl (C=O) groups excluding carboxylic acids is 1. The molecule has 30 heavy (non-hydrogen) atoms. The predicted octanol–water partition coefficient (Wildman–Crippen LogP) is 3.98. The van der Waals surface area contributed by atoms with E-state index in [9.17, 15) is 9.18 Å². The summed E-state index contributed by atoms with van der Waals surface area (Å²) in [5, 5.41) is 6.22. The van der Waals surface area contributed by atoms with Gasteiger partial charge in [0.25, 0.3) is 0 Å². The van der Waals surface area contributed by atoms with Crippen molar-refractivity contribution < 1.29 is 9.18 Å². The van der Waals surface area contributed by atoms with Gasteiger partial charge in [-0.05, 0) is 49.4 Å². The van der Waals surface area contributed by atoms with E-state index in [1.165, 1.54) is 6.07 Å². The first-order valence-electron chi connectivity index (χ1n) is 10.0. The van der Waals surface area contributed by atoms with Crippen LogP contribution in [0.5, 0.6) is 0 Å². The third-order valence-electron chi connectivity index (χ3n) is 5.12. The van der Waals surface area contributed by atoms with Crippen molar-refractivity contribution in [1.82, 2.24) is 20.6 Å². The average molecular weight is 407 g/mol. The quantitative estimate of drug-likeness (QED) is 0.594. The fourth-order valence-corrected chi connectivity index (χ4v) is 3.39. The van der Waals surface area contributed by atoms with E-state index in [2.05, 4.69) is 20.6 Å². The number of amides is 1. The highest BCUT2D eigenvalue weighted by Gasteiger charge is 2.24. The normalized spacial score (nSPS) is 12.9. The zero-order valence-electron chi connectivity index (χ0n) is 17.5. The van der Waals surface area contributed by atoms with Crippen LogP contribution in [0.4, 0.5) is 4.39 Å². The highest BCUT2D eigenvalue weighted by atomic mass is 19.1. The van der Waals surface area contributed by atoms with Crippen LogP contribution < -0.4 is 10.6 Å². The van der Waals surface area contributed by atoms with E-state index in [1.54, 1.807) is 32.4 Å². The predicted molar refractivity (Wildman–Crippen MR) is 115 cm³/mol. The molecular weight excluding hydrogens is 379 g/mol. The maximum absolute atomic E-state index is 13.9. The summed E-state index contributed by atoms with van der Waals surface area (Å²) in [6.45, 7) is 3.64. The number of carbonyl (C=O) groups is 1. The molecule has 6 heteroatoms. The van der Waals surface area contributed by atoms with Gasteiger partial charge >= 0.3 is 0 Å². The van der Waals surface area contributed by atoms with Crippen molar-refractivity contribution in [3.05, 3.63) is 94.8 Å². The Morgan fingerprint density at radius 1 is 1.03 bits per heavy atom. The maximum atomic E-state index is 13.9. The second-order valence-corrected chi connectivity index (χ2v) is 7.37. The lowest BCUT2D eigenvalue weighted by molar-refractivity contribution is -0.123. The average Bonchev–Trinajstić information content (AvgIpc) is 2.77. The number of nitrogens with zero attached hydrogens (tertiary/aromatic N) is 2. The van der Waals surface area contributed by atoms with Crippen molar-refractivity contribution in [2.75, 3.05) is 7.05 Å². The molecule has 0 saturated heterocycles. The Labute approximate surface area is 176 Å². The van der Waals surface area contributed by atoms with Crippen molar-refractivity contribution in [2.45, 2.75) is 38.8 Å². The molecule has 3 aromatic rings. The summed E-state index contributed by atoms with van der Waals surface area (Å²) in [6.07, 6.45) is 4.88. The van der Waals surface area contributed by atoms with Crippen LogP contribution in [0, 0.1) is 19.7 Å². The van der Waals surface area contributed by atoms with E-state index in [0.29, 0.717) is 18.4 Å². The van der Waals surface area contributed by atoms with Crippen LogP contribution in [0.15, 0.2) is 60.9 Å². The van der Waals surface area contributed by atoms with Crippen molar-refractivity contribution in [3.8, 4) is 0 Å². The fraction of sp³-hybridized carbons (Fsp3) is 0.292. The van der Waals surface area contributed by atoms with Crippen LogP contribution in [0.1, 0.15) is 46.6 Å². The molecule has 2 atom stereocenters. The molecule has 2 aromatic carbocycles. The van der Waals surface area contributed by atoms with Gasteiger partial charge in [0, 0.05) is 25.5 Å². The molecule has 1 aromatic heterocycles. The SMILES string of the molecule is CNC(=O)C(NC(CCc1cnc(C)cn1)c1ccc(F)c(C)c1)c1ccccc1. The Kier molecular flexibility index (Phi) is 7.25. The second-order valence-electron chi connectivity index (χ2n) is 7.37. The Bertz CT molecular complexity index is 976. The molecule has 1 amide bonds. The van der Waals surface area contributed by atoms with Gasteiger partial charge < -0.3 is 5.32 Å². The number of hydrogen-bond acceptors (Lipinski definition) is 4. The molecule has 0 aliphatic heterocycles. The van der Waals surface area contributed by atoms with Gasteiger partial charge in [-0.3, -0.25) is 20.1 Å². The minimum atomic E-state index is -0.532. The number of rotatable bonds is 8. The summed E-state index contributed by atoms with van der Waals surface area (Å²) < 4.78 is 13.9. The van der Waals surface area contributed by atoms with Crippen molar-refractivity contribution in [2.24, 2.45) is 0 Å². The van der Waals surface area contributed by atoms with E-state index >= 15 is 0 Å². The molecular formula is C24H27FN4O. The van der Waals surface area contributed by atoms with E-state index in [1.807, 2.05) is 43.3 Å². The number of aryl methyl sites for hydroxylation is 3. The van der Waals surface area contributed by atoms with E-state index < -0.39 is 6.04 Å². The Hall–Kier alpha value is -3.12.